The third-order valence-electron chi connectivity index (χ3n) is 3.86. The molecule has 1 aromatic rings. The van der Waals surface area contributed by atoms with Gasteiger partial charge >= 0.3 is 6.18 Å². The van der Waals surface area contributed by atoms with E-state index in [4.69, 9.17) is 0 Å². The highest BCUT2D eigenvalue weighted by molar-refractivity contribution is 5.78. The van der Waals surface area contributed by atoms with E-state index in [9.17, 15) is 23.2 Å². The average Bonchev–Trinajstić information content (AvgIpc) is 2.56. The van der Waals surface area contributed by atoms with Crippen LogP contribution in [0.25, 0.3) is 0 Å². The van der Waals surface area contributed by atoms with Gasteiger partial charge in [0.25, 0.3) is 0 Å². The first-order valence-electron chi connectivity index (χ1n) is 7.63. The summed E-state index contributed by atoms with van der Waals surface area (Å²) >= 11 is 0. The highest BCUT2D eigenvalue weighted by Gasteiger charge is 2.29. The molecule has 1 aliphatic rings. The van der Waals surface area contributed by atoms with Crippen LogP contribution in [0.15, 0.2) is 30.3 Å². The molecule has 0 spiro atoms. The summed E-state index contributed by atoms with van der Waals surface area (Å²) in [5.41, 5.74) is 0.913. The van der Waals surface area contributed by atoms with Crippen LogP contribution in [0.5, 0.6) is 0 Å². The molecule has 1 unspecified atom stereocenters. The zero-order valence-corrected chi connectivity index (χ0v) is 13.1. The van der Waals surface area contributed by atoms with Gasteiger partial charge in [-0.2, -0.15) is 18.4 Å². The molecule has 0 saturated carbocycles. The zero-order valence-electron chi connectivity index (χ0n) is 13.1. The molecule has 1 heterocycles. The molecule has 1 amide bonds. The molecule has 1 aromatic carbocycles. The topological polar surface area (TPSA) is 59.4 Å². The van der Waals surface area contributed by atoms with Gasteiger partial charge in [0.2, 0.25) is 5.91 Å². The molecule has 0 bridgehead atoms. The molecule has 1 fully saturated rings. The molecule has 1 atom stereocenters. The van der Waals surface area contributed by atoms with E-state index in [0.717, 1.165) is 5.56 Å². The standard InChI is InChI=1S/C16H19F3N4O/c17-16(18,19)12-21-15(24)11-22-6-8-23(9-7-22)14(10-20)13-4-2-1-3-5-13/h1-5,14H,6-9,11-12H2,(H,21,24). The Hall–Kier alpha value is -2.11. The number of benzene rings is 1. The van der Waals surface area contributed by atoms with E-state index in [1.807, 2.05) is 40.5 Å². The molecular formula is C16H19F3N4O. The van der Waals surface area contributed by atoms with Gasteiger partial charge < -0.3 is 5.32 Å². The summed E-state index contributed by atoms with van der Waals surface area (Å²) in [6.45, 7) is 0.858. The van der Waals surface area contributed by atoms with Crippen molar-refractivity contribution in [2.45, 2.75) is 12.2 Å². The number of nitrogens with zero attached hydrogens (tertiary/aromatic N) is 3. The number of amides is 1. The first kappa shape index (κ1) is 18.2. The second-order valence-corrected chi connectivity index (χ2v) is 5.65. The van der Waals surface area contributed by atoms with Crippen LogP contribution < -0.4 is 5.32 Å². The third kappa shape index (κ3) is 5.51. The molecule has 2 rings (SSSR count). The largest absolute Gasteiger partial charge is 0.405 e. The highest BCUT2D eigenvalue weighted by atomic mass is 19.4. The Bertz CT molecular complexity index is 577. The Morgan fingerprint density at radius 2 is 1.83 bits per heavy atom. The molecular weight excluding hydrogens is 321 g/mol. The number of nitrogens with one attached hydrogen (secondary N) is 1. The number of piperazine rings is 1. The molecule has 1 N–H and O–H groups in total. The smallest absolute Gasteiger partial charge is 0.346 e. The van der Waals surface area contributed by atoms with Crippen LogP contribution >= 0.6 is 0 Å². The lowest BCUT2D eigenvalue weighted by Crippen LogP contribution is -2.50. The first-order chi connectivity index (χ1) is 11.4. The summed E-state index contributed by atoms with van der Waals surface area (Å²) < 4.78 is 36.2. The summed E-state index contributed by atoms with van der Waals surface area (Å²) in [5.74, 6) is -0.638. The van der Waals surface area contributed by atoms with Crippen molar-refractivity contribution >= 4 is 5.91 Å². The number of hydrogen-bond acceptors (Lipinski definition) is 4. The van der Waals surface area contributed by atoms with Gasteiger partial charge in [-0.05, 0) is 5.56 Å². The van der Waals surface area contributed by atoms with Gasteiger partial charge in [-0.25, -0.2) is 0 Å². The summed E-state index contributed by atoms with van der Waals surface area (Å²) in [6, 6.07) is 11.4. The van der Waals surface area contributed by atoms with Crippen LogP contribution in [-0.4, -0.2) is 61.2 Å². The van der Waals surface area contributed by atoms with Crippen molar-refractivity contribution in [1.29, 1.82) is 5.26 Å². The first-order valence-corrected chi connectivity index (χ1v) is 7.63. The summed E-state index contributed by atoms with van der Waals surface area (Å²) in [7, 11) is 0. The lowest BCUT2D eigenvalue weighted by molar-refractivity contribution is -0.139. The highest BCUT2D eigenvalue weighted by Crippen LogP contribution is 2.21. The van der Waals surface area contributed by atoms with Crippen LogP contribution in [0.1, 0.15) is 11.6 Å². The lowest BCUT2D eigenvalue weighted by atomic mass is 10.1. The van der Waals surface area contributed by atoms with Crippen molar-refractivity contribution < 1.29 is 18.0 Å². The molecule has 130 valence electrons. The van der Waals surface area contributed by atoms with Crippen LogP contribution in [0.4, 0.5) is 13.2 Å². The number of halogens is 3. The van der Waals surface area contributed by atoms with Crippen LogP contribution in [0.2, 0.25) is 0 Å². The Morgan fingerprint density at radius 1 is 1.21 bits per heavy atom. The minimum atomic E-state index is -4.40. The number of nitriles is 1. The minimum Gasteiger partial charge on any atom is -0.346 e. The maximum absolute atomic E-state index is 12.1. The van der Waals surface area contributed by atoms with Crippen molar-refractivity contribution in [2.75, 3.05) is 39.3 Å². The predicted octanol–water partition coefficient (Wildman–Crippen LogP) is 1.55. The van der Waals surface area contributed by atoms with Gasteiger partial charge in [0.15, 0.2) is 0 Å². The summed E-state index contributed by atoms with van der Waals surface area (Å²) in [6.07, 6.45) is -4.40. The van der Waals surface area contributed by atoms with Crippen LogP contribution in [0.3, 0.4) is 0 Å². The Kier molecular flexibility index (Phi) is 6.17. The quantitative estimate of drug-likeness (QED) is 0.884. The normalized spacial score (nSPS) is 17.9. The minimum absolute atomic E-state index is 0.0630. The van der Waals surface area contributed by atoms with Crippen molar-refractivity contribution in [3.63, 3.8) is 0 Å². The SMILES string of the molecule is N#CC(c1ccccc1)N1CCN(CC(=O)NCC(F)(F)F)CC1. The van der Waals surface area contributed by atoms with Gasteiger partial charge in [0, 0.05) is 26.2 Å². The predicted molar refractivity (Wildman–Crippen MR) is 81.9 cm³/mol. The van der Waals surface area contributed by atoms with E-state index in [1.54, 1.807) is 4.90 Å². The molecule has 5 nitrogen and oxygen atoms in total. The van der Waals surface area contributed by atoms with Gasteiger partial charge in [-0.1, -0.05) is 30.3 Å². The monoisotopic (exact) mass is 340 g/mol. The molecule has 1 saturated heterocycles. The average molecular weight is 340 g/mol. The van der Waals surface area contributed by atoms with E-state index in [1.165, 1.54) is 0 Å². The second-order valence-electron chi connectivity index (χ2n) is 5.65. The van der Waals surface area contributed by atoms with Crippen LogP contribution in [-0.2, 0) is 4.79 Å². The molecule has 24 heavy (non-hydrogen) atoms. The Balaban J connectivity index is 1.81. The van der Waals surface area contributed by atoms with Gasteiger partial charge in [-0.3, -0.25) is 14.6 Å². The number of rotatable bonds is 5. The van der Waals surface area contributed by atoms with Crippen molar-refractivity contribution in [3.8, 4) is 6.07 Å². The molecule has 0 aliphatic carbocycles. The van der Waals surface area contributed by atoms with Gasteiger partial charge in [-0.15, -0.1) is 0 Å². The van der Waals surface area contributed by atoms with E-state index < -0.39 is 18.6 Å². The van der Waals surface area contributed by atoms with Crippen molar-refractivity contribution in [3.05, 3.63) is 35.9 Å². The van der Waals surface area contributed by atoms with Crippen molar-refractivity contribution in [2.24, 2.45) is 0 Å². The Morgan fingerprint density at radius 3 is 2.38 bits per heavy atom. The van der Waals surface area contributed by atoms with E-state index in [0.29, 0.717) is 26.2 Å². The third-order valence-corrected chi connectivity index (χ3v) is 3.86. The molecule has 1 aliphatic heterocycles. The van der Waals surface area contributed by atoms with E-state index in [-0.39, 0.29) is 12.6 Å². The second kappa shape index (κ2) is 8.13. The maximum Gasteiger partial charge on any atom is 0.405 e. The zero-order chi connectivity index (χ0) is 17.6. The summed E-state index contributed by atoms with van der Waals surface area (Å²) in [4.78, 5) is 15.3. The number of hydrogen-bond donors (Lipinski definition) is 1. The molecule has 0 radical (unpaired) electrons. The van der Waals surface area contributed by atoms with Gasteiger partial charge in [0.05, 0.1) is 12.6 Å². The maximum atomic E-state index is 12.1. The fraction of sp³-hybridized carbons (Fsp3) is 0.500. The fourth-order valence-corrected chi connectivity index (χ4v) is 2.64. The number of carbonyl (C=O) groups excluding carboxylic acids is 1. The molecule has 8 heteroatoms. The summed E-state index contributed by atoms with van der Waals surface area (Å²) in [5, 5.41) is 11.3. The number of alkyl halides is 3. The lowest BCUT2D eigenvalue weighted by Gasteiger charge is -2.36. The van der Waals surface area contributed by atoms with Crippen LogP contribution in [0, 0.1) is 11.3 Å². The molecule has 0 aromatic heterocycles. The van der Waals surface area contributed by atoms with E-state index >= 15 is 0 Å². The van der Waals surface area contributed by atoms with E-state index in [2.05, 4.69) is 6.07 Å². The fourth-order valence-electron chi connectivity index (χ4n) is 2.64. The van der Waals surface area contributed by atoms with Crippen molar-refractivity contribution in [1.82, 2.24) is 15.1 Å². The number of carbonyl (C=O) groups is 1. The van der Waals surface area contributed by atoms with Gasteiger partial charge in [0.1, 0.15) is 12.6 Å². The Labute approximate surface area is 138 Å².